The standard InChI is InChI=1S/C24H26F6N2O.ClH/c1-3-16-6-4-5-7-19(16)21-13-31-9-8-20(21)22(33)32(2)14-15-10-17(23(25,26)27)12-18(11-15)24(28,29)30;/h4-7,10-12,20-21,31H,3,8-9,13-14H2,1-2H3;1H. The van der Waals surface area contributed by atoms with E-state index in [0.717, 1.165) is 17.5 Å². The summed E-state index contributed by atoms with van der Waals surface area (Å²) in [6.07, 6.45) is -8.54. The third-order valence-electron chi connectivity index (χ3n) is 6.08. The van der Waals surface area contributed by atoms with E-state index in [1.165, 1.54) is 11.9 Å². The van der Waals surface area contributed by atoms with E-state index >= 15 is 0 Å². The van der Waals surface area contributed by atoms with Crippen LogP contribution in [0.5, 0.6) is 0 Å². The van der Waals surface area contributed by atoms with Gasteiger partial charge in [0.25, 0.3) is 0 Å². The Kier molecular flexibility index (Phi) is 9.04. The largest absolute Gasteiger partial charge is 0.416 e. The van der Waals surface area contributed by atoms with Gasteiger partial charge in [-0.3, -0.25) is 4.79 Å². The number of hydrogen-bond acceptors (Lipinski definition) is 2. The van der Waals surface area contributed by atoms with Gasteiger partial charge in [0.2, 0.25) is 5.91 Å². The molecule has 10 heteroatoms. The molecule has 3 rings (SSSR count). The normalized spacial score (nSPS) is 18.8. The van der Waals surface area contributed by atoms with Gasteiger partial charge in [0.05, 0.1) is 11.1 Å². The van der Waals surface area contributed by atoms with Gasteiger partial charge in [-0.25, -0.2) is 0 Å². The number of carbonyl (C=O) groups is 1. The molecule has 0 bridgehead atoms. The minimum absolute atomic E-state index is 0. The fourth-order valence-electron chi connectivity index (χ4n) is 4.44. The number of nitrogens with one attached hydrogen (secondary N) is 1. The highest BCUT2D eigenvalue weighted by Crippen LogP contribution is 2.37. The van der Waals surface area contributed by atoms with E-state index in [2.05, 4.69) is 5.32 Å². The van der Waals surface area contributed by atoms with Crippen molar-refractivity contribution in [1.29, 1.82) is 0 Å². The number of carbonyl (C=O) groups excluding carboxylic acids is 1. The molecule has 0 spiro atoms. The van der Waals surface area contributed by atoms with Gasteiger partial charge in [-0.05, 0) is 54.3 Å². The van der Waals surface area contributed by atoms with Gasteiger partial charge in [-0.2, -0.15) is 26.3 Å². The number of alkyl halides is 6. The fraction of sp³-hybridized carbons (Fsp3) is 0.458. The van der Waals surface area contributed by atoms with Crippen LogP contribution in [-0.2, 0) is 30.1 Å². The Morgan fingerprint density at radius 3 is 2.18 bits per heavy atom. The summed E-state index contributed by atoms with van der Waals surface area (Å²) < 4.78 is 79.1. The van der Waals surface area contributed by atoms with Gasteiger partial charge < -0.3 is 10.2 Å². The number of piperidine rings is 1. The Balaban J connectivity index is 0.00000408. The van der Waals surface area contributed by atoms with Crippen LogP contribution in [0.25, 0.3) is 0 Å². The minimum Gasteiger partial charge on any atom is -0.341 e. The van der Waals surface area contributed by atoms with Crippen LogP contribution < -0.4 is 5.32 Å². The van der Waals surface area contributed by atoms with Gasteiger partial charge in [-0.15, -0.1) is 12.4 Å². The number of amides is 1. The SMILES string of the molecule is CCc1ccccc1C1CNCCC1C(=O)N(C)Cc1cc(C(F)(F)F)cc(C(F)(F)F)c1.Cl. The van der Waals surface area contributed by atoms with Crippen molar-refractivity contribution in [3.05, 3.63) is 70.3 Å². The Labute approximate surface area is 200 Å². The molecule has 1 N–H and O–H groups in total. The zero-order chi connectivity index (χ0) is 24.4. The molecule has 188 valence electrons. The maximum atomic E-state index is 13.3. The Morgan fingerprint density at radius 1 is 1.03 bits per heavy atom. The zero-order valence-corrected chi connectivity index (χ0v) is 19.6. The molecule has 2 aromatic carbocycles. The highest BCUT2D eigenvalue weighted by molar-refractivity contribution is 5.85. The molecule has 1 fully saturated rings. The summed E-state index contributed by atoms with van der Waals surface area (Å²) in [5.74, 6) is -0.840. The molecular formula is C24H27ClF6N2O. The van der Waals surface area contributed by atoms with Crippen LogP contribution in [0.4, 0.5) is 26.3 Å². The topological polar surface area (TPSA) is 32.3 Å². The molecule has 1 aliphatic rings. The Bertz CT molecular complexity index is 960. The summed E-state index contributed by atoms with van der Waals surface area (Å²) in [7, 11) is 1.42. The average Bonchev–Trinajstić information content (AvgIpc) is 2.77. The van der Waals surface area contributed by atoms with Crippen LogP contribution in [0.2, 0.25) is 0 Å². The summed E-state index contributed by atoms with van der Waals surface area (Å²) in [6, 6.07) is 9.23. The van der Waals surface area contributed by atoms with Crippen LogP contribution in [0.3, 0.4) is 0 Å². The van der Waals surface area contributed by atoms with E-state index in [0.29, 0.717) is 31.6 Å². The van der Waals surface area contributed by atoms with Crippen molar-refractivity contribution in [2.24, 2.45) is 5.92 Å². The monoisotopic (exact) mass is 508 g/mol. The minimum atomic E-state index is -4.93. The first-order valence-electron chi connectivity index (χ1n) is 10.7. The number of nitrogens with zero attached hydrogens (tertiary/aromatic N) is 1. The van der Waals surface area contributed by atoms with Gasteiger partial charge in [0, 0.05) is 32.0 Å². The summed E-state index contributed by atoms with van der Waals surface area (Å²) in [4.78, 5) is 14.5. The fourth-order valence-corrected chi connectivity index (χ4v) is 4.44. The second kappa shape index (κ2) is 11.0. The summed E-state index contributed by atoms with van der Waals surface area (Å²) in [5.41, 5.74) is -0.834. The lowest BCUT2D eigenvalue weighted by atomic mass is 9.78. The molecule has 2 atom stereocenters. The predicted octanol–water partition coefficient (Wildman–Crippen LogP) is 6.06. The van der Waals surface area contributed by atoms with Crippen molar-refractivity contribution < 1.29 is 31.1 Å². The van der Waals surface area contributed by atoms with Crippen molar-refractivity contribution in [3.63, 3.8) is 0 Å². The second-order valence-electron chi connectivity index (χ2n) is 8.37. The van der Waals surface area contributed by atoms with Gasteiger partial charge in [0.1, 0.15) is 0 Å². The van der Waals surface area contributed by atoms with Crippen LogP contribution in [0, 0.1) is 5.92 Å². The van der Waals surface area contributed by atoms with Crippen molar-refractivity contribution in [1.82, 2.24) is 10.2 Å². The molecule has 2 aromatic rings. The van der Waals surface area contributed by atoms with Gasteiger partial charge >= 0.3 is 12.4 Å². The molecule has 1 saturated heterocycles. The molecule has 1 amide bonds. The molecule has 2 unspecified atom stereocenters. The third kappa shape index (κ3) is 6.44. The maximum absolute atomic E-state index is 13.3. The van der Waals surface area contributed by atoms with Crippen molar-refractivity contribution >= 4 is 18.3 Å². The number of hydrogen-bond donors (Lipinski definition) is 1. The lowest BCUT2D eigenvalue weighted by Crippen LogP contribution is -2.44. The van der Waals surface area contributed by atoms with Crippen LogP contribution >= 0.6 is 12.4 Å². The molecule has 34 heavy (non-hydrogen) atoms. The molecule has 3 nitrogen and oxygen atoms in total. The summed E-state index contributed by atoms with van der Waals surface area (Å²) in [6.45, 7) is 2.85. The average molecular weight is 509 g/mol. The van der Waals surface area contributed by atoms with Crippen molar-refractivity contribution in [2.75, 3.05) is 20.1 Å². The number of aryl methyl sites for hydroxylation is 1. The van der Waals surface area contributed by atoms with E-state index in [1.54, 1.807) is 0 Å². The number of halogens is 7. The first-order valence-corrected chi connectivity index (χ1v) is 10.7. The third-order valence-corrected chi connectivity index (χ3v) is 6.08. The lowest BCUT2D eigenvalue weighted by molar-refractivity contribution is -0.143. The van der Waals surface area contributed by atoms with E-state index in [-0.39, 0.29) is 42.4 Å². The molecule has 1 heterocycles. The van der Waals surface area contributed by atoms with E-state index < -0.39 is 29.4 Å². The zero-order valence-electron chi connectivity index (χ0n) is 18.8. The van der Waals surface area contributed by atoms with Gasteiger partial charge in [-0.1, -0.05) is 31.2 Å². The van der Waals surface area contributed by atoms with Crippen LogP contribution in [0.1, 0.15) is 47.1 Å². The molecule has 0 radical (unpaired) electrons. The highest BCUT2D eigenvalue weighted by Gasteiger charge is 2.38. The van der Waals surface area contributed by atoms with Crippen molar-refractivity contribution in [2.45, 2.75) is 44.6 Å². The quantitative estimate of drug-likeness (QED) is 0.498. The highest BCUT2D eigenvalue weighted by atomic mass is 35.5. The smallest absolute Gasteiger partial charge is 0.341 e. The summed E-state index contributed by atoms with van der Waals surface area (Å²) in [5, 5.41) is 3.29. The molecule has 0 aliphatic carbocycles. The Hall–Kier alpha value is -2.26. The first-order chi connectivity index (χ1) is 15.4. The summed E-state index contributed by atoms with van der Waals surface area (Å²) >= 11 is 0. The van der Waals surface area contributed by atoms with E-state index in [4.69, 9.17) is 0 Å². The second-order valence-corrected chi connectivity index (χ2v) is 8.37. The first kappa shape index (κ1) is 28.0. The molecule has 0 saturated carbocycles. The molecule has 0 aromatic heterocycles. The van der Waals surface area contributed by atoms with E-state index in [1.807, 2.05) is 31.2 Å². The Morgan fingerprint density at radius 2 is 1.62 bits per heavy atom. The van der Waals surface area contributed by atoms with Crippen LogP contribution in [-0.4, -0.2) is 30.9 Å². The van der Waals surface area contributed by atoms with Crippen LogP contribution in [0.15, 0.2) is 42.5 Å². The molecule has 1 aliphatic heterocycles. The number of rotatable bonds is 5. The van der Waals surface area contributed by atoms with Crippen molar-refractivity contribution in [3.8, 4) is 0 Å². The lowest BCUT2D eigenvalue weighted by Gasteiger charge is -2.35. The number of benzene rings is 2. The van der Waals surface area contributed by atoms with Gasteiger partial charge in [0.15, 0.2) is 0 Å². The van der Waals surface area contributed by atoms with E-state index in [9.17, 15) is 31.1 Å². The predicted molar refractivity (Wildman–Crippen MR) is 120 cm³/mol. The molecular weight excluding hydrogens is 482 g/mol. The maximum Gasteiger partial charge on any atom is 0.416 e.